The maximum absolute atomic E-state index is 12.9. The van der Waals surface area contributed by atoms with Crippen molar-refractivity contribution in [3.8, 4) is 17.0 Å². The Hall–Kier alpha value is -2.98. The summed E-state index contributed by atoms with van der Waals surface area (Å²) in [7, 11) is -1.91. The van der Waals surface area contributed by atoms with Crippen molar-refractivity contribution in [3.05, 3.63) is 49.1 Å². The normalized spacial score (nSPS) is 15.3. The predicted molar refractivity (Wildman–Crippen MR) is 113 cm³/mol. The van der Waals surface area contributed by atoms with Gasteiger partial charge in [-0.3, -0.25) is 4.68 Å². The molecule has 0 saturated carbocycles. The molecule has 0 radical (unpaired) electrons. The van der Waals surface area contributed by atoms with Gasteiger partial charge in [-0.05, 0) is 19.1 Å². The van der Waals surface area contributed by atoms with E-state index in [1.54, 1.807) is 18.0 Å². The minimum Gasteiger partial charge on any atom is -0.497 e. The number of benzene rings is 1. The third-order valence-electron chi connectivity index (χ3n) is 5.15. The standard InChI is InChI=1S/C20H24N6O3S/c1-3-25-14-18(13-23-25)30(27,28)26-9-7-24(8-10-26)20-12-19(21-15-22-20)16-5-4-6-17(11-16)29-2/h4-6,11-15H,3,7-10H2,1-2H3. The molecular formula is C20H24N6O3S. The molecule has 30 heavy (non-hydrogen) atoms. The Labute approximate surface area is 176 Å². The second kappa shape index (κ2) is 8.41. The molecule has 10 heteroatoms. The van der Waals surface area contributed by atoms with Gasteiger partial charge in [-0.2, -0.15) is 9.40 Å². The van der Waals surface area contributed by atoms with Crippen LogP contribution in [0.3, 0.4) is 0 Å². The summed E-state index contributed by atoms with van der Waals surface area (Å²) in [6, 6.07) is 9.61. The lowest BCUT2D eigenvalue weighted by Crippen LogP contribution is -2.48. The van der Waals surface area contributed by atoms with Gasteiger partial charge in [0.25, 0.3) is 0 Å². The van der Waals surface area contributed by atoms with E-state index in [9.17, 15) is 8.42 Å². The van der Waals surface area contributed by atoms with Crippen molar-refractivity contribution < 1.29 is 13.2 Å². The van der Waals surface area contributed by atoms with Crippen molar-refractivity contribution >= 4 is 15.8 Å². The highest BCUT2D eigenvalue weighted by Crippen LogP contribution is 2.25. The van der Waals surface area contributed by atoms with Gasteiger partial charge in [0.05, 0.1) is 19.0 Å². The summed E-state index contributed by atoms with van der Waals surface area (Å²) in [6.45, 7) is 4.43. The Morgan fingerprint density at radius 1 is 1.10 bits per heavy atom. The van der Waals surface area contributed by atoms with Gasteiger partial charge >= 0.3 is 0 Å². The number of rotatable bonds is 6. The molecular weight excluding hydrogens is 404 g/mol. The summed E-state index contributed by atoms with van der Waals surface area (Å²) in [5.41, 5.74) is 1.73. The lowest BCUT2D eigenvalue weighted by molar-refractivity contribution is 0.383. The number of ether oxygens (including phenoxy) is 1. The zero-order valence-corrected chi connectivity index (χ0v) is 17.8. The van der Waals surface area contributed by atoms with Crippen molar-refractivity contribution in [2.75, 3.05) is 38.2 Å². The molecule has 0 aliphatic carbocycles. The number of anilines is 1. The SMILES string of the molecule is CCn1cc(S(=O)(=O)N2CCN(c3cc(-c4cccc(OC)c4)ncn3)CC2)cn1. The fourth-order valence-electron chi connectivity index (χ4n) is 3.42. The van der Waals surface area contributed by atoms with E-state index in [0.717, 1.165) is 22.8 Å². The van der Waals surface area contributed by atoms with E-state index < -0.39 is 10.0 Å². The van der Waals surface area contributed by atoms with Gasteiger partial charge in [0, 0.05) is 50.6 Å². The quantitative estimate of drug-likeness (QED) is 0.592. The van der Waals surface area contributed by atoms with E-state index in [-0.39, 0.29) is 4.90 Å². The molecule has 0 N–H and O–H groups in total. The van der Waals surface area contributed by atoms with Crippen LogP contribution in [0.1, 0.15) is 6.92 Å². The second-order valence-corrected chi connectivity index (χ2v) is 8.85. The molecule has 1 aliphatic heterocycles. The van der Waals surface area contributed by atoms with Crippen molar-refractivity contribution in [1.29, 1.82) is 0 Å². The summed E-state index contributed by atoms with van der Waals surface area (Å²) in [4.78, 5) is 11.1. The third kappa shape index (κ3) is 4.01. The minimum atomic E-state index is -3.54. The number of aryl methyl sites for hydroxylation is 1. The number of hydrogen-bond acceptors (Lipinski definition) is 7. The molecule has 4 rings (SSSR count). The molecule has 2 aromatic heterocycles. The molecule has 0 unspecified atom stereocenters. The van der Waals surface area contributed by atoms with Crippen molar-refractivity contribution in [3.63, 3.8) is 0 Å². The fraction of sp³-hybridized carbons (Fsp3) is 0.350. The Morgan fingerprint density at radius 3 is 2.60 bits per heavy atom. The first kappa shape index (κ1) is 20.3. The molecule has 3 aromatic rings. The van der Waals surface area contributed by atoms with Gasteiger partial charge in [-0.1, -0.05) is 12.1 Å². The summed E-state index contributed by atoms with van der Waals surface area (Å²) >= 11 is 0. The van der Waals surface area contributed by atoms with E-state index in [2.05, 4.69) is 20.0 Å². The first-order chi connectivity index (χ1) is 14.5. The molecule has 9 nitrogen and oxygen atoms in total. The Bertz CT molecular complexity index is 1120. The predicted octanol–water partition coefficient (Wildman–Crippen LogP) is 1.88. The molecule has 1 saturated heterocycles. The van der Waals surface area contributed by atoms with Crippen molar-refractivity contribution in [2.45, 2.75) is 18.4 Å². The highest BCUT2D eigenvalue weighted by atomic mass is 32.2. The van der Waals surface area contributed by atoms with Crippen LogP contribution in [-0.4, -0.2) is 65.8 Å². The van der Waals surface area contributed by atoms with Gasteiger partial charge < -0.3 is 9.64 Å². The van der Waals surface area contributed by atoms with Gasteiger partial charge in [0.1, 0.15) is 22.8 Å². The van der Waals surface area contributed by atoms with Crippen LogP contribution in [0.15, 0.2) is 53.9 Å². The van der Waals surface area contributed by atoms with Crippen LogP contribution in [0, 0.1) is 0 Å². The van der Waals surface area contributed by atoms with Crippen LogP contribution in [0.5, 0.6) is 5.75 Å². The summed E-state index contributed by atoms with van der Waals surface area (Å²) in [5, 5.41) is 4.08. The van der Waals surface area contributed by atoms with E-state index in [0.29, 0.717) is 32.7 Å². The molecule has 1 aromatic carbocycles. The molecule has 0 spiro atoms. The van der Waals surface area contributed by atoms with Crippen LogP contribution in [-0.2, 0) is 16.6 Å². The first-order valence-corrected chi connectivity index (χ1v) is 11.2. The van der Waals surface area contributed by atoms with E-state index in [1.165, 1.54) is 16.8 Å². The minimum absolute atomic E-state index is 0.236. The maximum Gasteiger partial charge on any atom is 0.246 e. The summed E-state index contributed by atoms with van der Waals surface area (Å²) in [5.74, 6) is 1.54. The number of hydrogen-bond donors (Lipinski definition) is 0. The van der Waals surface area contributed by atoms with Gasteiger partial charge in [0.15, 0.2) is 0 Å². The van der Waals surface area contributed by atoms with Gasteiger partial charge in [-0.25, -0.2) is 18.4 Å². The smallest absolute Gasteiger partial charge is 0.246 e. The summed E-state index contributed by atoms with van der Waals surface area (Å²) in [6.07, 6.45) is 4.52. The van der Waals surface area contributed by atoms with Crippen LogP contribution in [0.4, 0.5) is 5.82 Å². The summed E-state index contributed by atoms with van der Waals surface area (Å²) < 4.78 is 34.2. The molecule has 0 amide bonds. The zero-order chi connectivity index (χ0) is 21.1. The third-order valence-corrected chi connectivity index (χ3v) is 7.00. The molecule has 1 aliphatic rings. The Morgan fingerprint density at radius 2 is 1.90 bits per heavy atom. The van der Waals surface area contributed by atoms with Crippen LogP contribution in [0.25, 0.3) is 11.3 Å². The first-order valence-electron chi connectivity index (χ1n) is 9.75. The molecule has 158 valence electrons. The van der Waals surface area contributed by atoms with Crippen LogP contribution in [0.2, 0.25) is 0 Å². The number of sulfonamides is 1. The highest BCUT2D eigenvalue weighted by molar-refractivity contribution is 7.89. The fourth-order valence-corrected chi connectivity index (χ4v) is 4.80. The van der Waals surface area contributed by atoms with Gasteiger partial charge in [0.2, 0.25) is 10.0 Å². The largest absolute Gasteiger partial charge is 0.497 e. The van der Waals surface area contributed by atoms with Crippen LogP contribution >= 0.6 is 0 Å². The zero-order valence-electron chi connectivity index (χ0n) is 17.0. The monoisotopic (exact) mass is 428 g/mol. The number of nitrogens with zero attached hydrogens (tertiary/aromatic N) is 6. The van der Waals surface area contributed by atoms with Crippen molar-refractivity contribution in [1.82, 2.24) is 24.1 Å². The topological polar surface area (TPSA) is 93.5 Å². The molecule has 1 fully saturated rings. The van der Waals surface area contributed by atoms with E-state index in [1.807, 2.05) is 37.3 Å². The second-order valence-electron chi connectivity index (χ2n) is 6.92. The molecule has 0 atom stereocenters. The lowest BCUT2D eigenvalue weighted by Gasteiger charge is -2.34. The Balaban J connectivity index is 1.48. The molecule has 3 heterocycles. The van der Waals surface area contributed by atoms with E-state index >= 15 is 0 Å². The molecule has 0 bridgehead atoms. The Kier molecular flexibility index (Phi) is 5.69. The maximum atomic E-state index is 12.9. The lowest BCUT2D eigenvalue weighted by atomic mass is 10.1. The van der Waals surface area contributed by atoms with E-state index in [4.69, 9.17) is 4.74 Å². The number of aromatic nitrogens is 4. The number of methoxy groups -OCH3 is 1. The highest BCUT2D eigenvalue weighted by Gasteiger charge is 2.30. The average Bonchev–Trinajstić information content (AvgIpc) is 3.30. The van der Waals surface area contributed by atoms with Crippen LogP contribution < -0.4 is 9.64 Å². The average molecular weight is 429 g/mol. The van der Waals surface area contributed by atoms with Crippen molar-refractivity contribution in [2.24, 2.45) is 0 Å². The number of piperazine rings is 1. The van der Waals surface area contributed by atoms with Gasteiger partial charge in [-0.15, -0.1) is 0 Å².